The number of likely N-dealkylation sites (tertiary alicyclic amines) is 1. The van der Waals surface area contributed by atoms with E-state index < -0.39 is 11.9 Å². The van der Waals surface area contributed by atoms with Crippen molar-refractivity contribution in [1.82, 2.24) is 9.88 Å². The van der Waals surface area contributed by atoms with Crippen molar-refractivity contribution >= 4 is 23.2 Å². The van der Waals surface area contributed by atoms with E-state index in [0.29, 0.717) is 30.1 Å². The summed E-state index contributed by atoms with van der Waals surface area (Å²) >= 11 is 1.35. The Bertz CT molecular complexity index is 831. The smallest absolute Gasteiger partial charge is 0.308 e. The van der Waals surface area contributed by atoms with Crippen molar-refractivity contribution in [2.45, 2.75) is 27.2 Å². The molecule has 2 aromatic rings. The number of ether oxygens (including phenoxy) is 1. The minimum Gasteiger partial charge on any atom is -0.494 e. The van der Waals surface area contributed by atoms with Crippen LogP contribution in [-0.2, 0) is 4.79 Å². The van der Waals surface area contributed by atoms with Gasteiger partial charge in [-0.2, -0.15) is 0 Å². The van der Waals surface area contributed by atoms with E-state index in [2.05, 4.69) is 4.98 Å². The molecule has 2 atom stereocenters. The summed E-state index contributed by atoms with van der Waals surface area (Å²) in [7, 11) is 0. The number of benzene rings is 1. The van der Waals surface area contributed by atoms with Crippen LogP contribution in [0.5, 0.6) is 5.75 Å². The van der Waals surface area contributed by atoms with Gasteiger partial charge in [0.05, 0.1) is 18.2 Å². The van der Waals surface area contributed by atoms with Gasteiger partial charge in [-0.05, 0) is 50.5 Å². The van der Waals surface area contributed by atoms with E-state index in [1.165, 1.54) is 11.3 Å². The number of carbonyl (C=O) groups is 2. The molecule has 1 N–H and O–H groups in total. The van der Waals surface area contributed by atoms with Crippen molar-refractivity contribution in [3.05, 3.63) is 34.8 Å². The van der Waals surface area contributed by atoms with Crippen molar-refractivity contribution in [1.29, 1.82) is 0 Å². The van der Waals surface area contributed by atoms with E-state index in [1.807, 2.05) is 45.0 Å². The lowest BCUT2D eigenvalue weighted by atomic mass is 9.90. The Labute approximate surface area is 162 Å². The zero-order chi connectivity index (χ0) is 19.6. The molecule has 1 amide bonds. The van der Waals surface area contributed by atoms with Gasteiger partial charge < -0.3 is 14.7 Å². The first-order chi connectivity index (χ1) is 12.9. The van der Waals surface area contributed by atoms with Crippen LogP contribution >= 0.6 is 11.3 Å². The number of rotatable bonds is 5. The van der Waals surface area contributed by atoms with Gasteiger partial charge in [-0.15, -0.1) is 11.3 Å². The number of aryl methyl sites for hydroxylation is 1. The Morgan fingerprint density at radius 1 is 1.30 bits per heavy atom. The first-order valence-electron chi connectivity index (χ1n) is 9.11. The third-order valence-corrected chi connectivity index (χ3v) is 5.89. The molecular formula is C20H24N2O4S. The second kappa shape index (κ2) is 8.08. The lowest BCUT2D eigenvalue weighted by Gasteiger charge is -2.34. The minimum absolute atomic E-state index is 0.125. The summed E-state index contributed by atoms with van der Waals surface area (Å²) in [6, 6.07) is 7.64. The molecule has 27 heavy (non-hydrogen) atoms. The molecule has 1 aliphatic heterocycles. The number of carboxylic acid groups (broad SMARTS) is 1. The van der Waals surface area contributed by atoms with E-state index in [-0.39, 0.29) is 18.4 Å². The lowest BCUT2D eigenvalue weighted by Crippen LogP contribution is -2.45. The molecule has 0 saturated carbocycles. The van der Waals surface area contributed by atoms with Gasteiger partial charge in [0.2, 0.25) is 0 Å². The van der Waals surface area contributed by atoms with Gasteiger partial charge in [-0.1, -0.05) is 6.92 Å². The van der Waals surface area contributed by atoms with Crippen LogP contribution in [0.25, 0.3) is 10.6 Å². The van der Waals surface area contributed by atoms with Crippen LogP contribution < -0.4 is 4.74 Å². The Balaban J connectivity index is 1.81. The first kappa shape index (κ1) is 19.4. The fraction of sp³-hybridized carbons (Fsp3) is 0.450. The second-order valence-corrected chi connectivity index (χ2v) is 7.98. The highest BCUT2D eigenvalue weighted by Crippen LogP contribution is 2.31. The molecule has 1 fully saturated rings. The Morgan fingerprint density at radius 2 is 2.00 bits per heavy atom. The normalized spacial score (nSPS) is 19.7. The van der Waals surface area contributed by atoms with E-state index in [0.717, 1.165) is 16.3 Å². The zero-order valence-corrected chi connectivity index (χ0v) is 16.6. The van der Waals surface area contributed by atoms with Crippen molar-refractivity contribution in [2.75, 3.05) is 19.7 Å². The summed E-state index contributed by atoms with van der Waals surface area (Å²) in [5.74, 6) is -0.498. The standard InChI is InChI=1S/C20H24N2O4S/c1-4-26-16-7-5-14(6-8-16)18-21-13(3)17(27-18)19(23)22-10-12(2)9-15(11-22)20(24)25/h5-8,12,15H,4,9-11H2,1-3H3,(H,24,25). The molecule has 1 aromatic carbocycles. The van der Waals surface area contributed by atoms with Crippen LogP contribution in [0.4, 0.5) is 0 Å². The Hall–Kier alpha value is -2.41. The maximum Gasteiger partial charge on any atom is 0.308 e. The maximum absolute atomic E-state index is 13.0. The number of nitrogens with zero attached hydrogens (tertiary/aromatic N) is 2. The Morgan fingerprint density at radius 3 is 2.63 bits per heavy atom. The molecule has 7 heteroatoms. The summed E-state index contributed by atoms with van der Waals surface area (Å²) in [5, 5.41) is 10.1. The topological polar surface area (TPSA) is 79.7 Å². The average molecular weight is 388 g/mol. The van der Waals surface area contributed by atoms with Crippen LogP contribution in [-0.4, -0.2) is 46.6 Å². The van der Waals surface area contributed by atoms with Gasteiger partial charge in [-0.25, -0.2) is 4.98 Å². The molecule has 144 valence electrons. The fourth-order valence-electron chi connectivity index (χ4n) is 3.42. The number of carbonyl (C=O) groups excluding carboxylic acids is 1. The van der Waals surface area contributed by atoms with E-state index >= 15 is 0 Å². The minimum atomic E-state index is -0.838. The lowest BCUT2D eigenvalue weighted by molar-refractivity contribution is -0.143. The Kier molecular flexibility index (Phi) is 5.79. The third-order valence-electron chi connectivity index (χ3n) is 4.70. The summed E-state index contributed by atoms with van der Waals surface area (Å²) in [6.07, 6.45) is 0.609. The molecule has 3 rings (SSSR count). The largest absolute Gasteiger partial charge is 0.494 e. The first-order valence-corrected chi connectivity index (χ1v) is 9.93. The molecule has 6 nitrogen and oxygen atoms in total. The van der Waals surface area contributed by atoms with Crippen LogP contribution in [0, 0.1) is 18.8 Å². The highest BCUT2D eigenvalue weighted by Gasteiger charge is 2.33. The molecule has 1 aromatic heterocycles. The number of carboxylic acids is 1. The summed E-state index contributed by atoms with van der Waals surface area (Å²) in [6.45, 7) is 7.20. The predicted octanol–water partition coefficient (Wildman–Crippen LogP) is 3.70. The molecule has 0 radical (unpaired) electrons. The van der Waals surface area contributed by atoms with Crippen LogP contribution in [0.15, 0.2) is 24.3 Å². The molecule has 1 aliphatic rings. The fourth-order valence-corrected chi connectivity index (χ4v) is 4.46. The molecule has 0 bridgehead atoms. The van der Waals surface area contributed by atoms with Gasteiger partial charge in [0.15, 0.2) is 0 Å². The zero-order valence-electron chi connectivity index (χ0n) is 15.8. The van der Waals surface area contributed by atoms with Gasteiger partial charge >= 0.3 is 5.97 Å². The maximum atomic E-state index is 13.0. The highest BCUT2D eigenvalue weighted by molar-refractivity contribution is 7.17. The number of aromatic nitrogens is 1. The molecular weight excluding hydrogens is 364 g/mol. The molecule has 2 heterocycles. The summed E-state index contributed by atoms with van der Waals surface area (Å²) < 4.78 is 5.46. The van der Waals surface area contributed by atoms with Crippen LogP contribution in [0.2, 0.25) is 0 Å². The second-order valence-electron chi connectivity index (χ2n) is 6.98. The summed E-state index contributed by atoms with van der Waals surface area (Å²) in [4.78, 5) is 31.2. The number of hydrogen-bond acceptors (Lipinski definition) is 5. The van der Waals surface area contributed by atoms with Gasteiger partial charge in [0.25, 0.3) is 5.91 Å². The number of hydrogen-bond donors (Lipinski definition) is 1. The van der Waals surface area contributed by atoms with Crippen molar-refractivity contribution in [2.24, 2.45) is 11.8 Å². The van der Waals surface area contributed by atoms with Crippen molar-refractivity contribution < 1.29 is 19.4 Å². The molecule has 0 spiro atoms. The van der Waals surface area contributed by atoms with E-state index in [1.54, 1.807) is 4.90 Å². The van der Waals surface area contributed by atoms with E-state index in [4.69, 9.17) is 4.74 Å². The average Bonchev–Trinajstić information content (AvgIpc) is 3.03. The highest BCUT2D eigenvalue weighted by atomic mass is 32.1. The summed E-state index contributed by atoms with van der Waals surface area (Å²) in [5.41, 5.74) is 1.61. The number of aliphatic carboxylic acids is 1. The van der Waals surface area contributed by atoms with Crippen molar-refractivity contribution in [3.8, 4) is 16.3 Å². The quantitative estimate of drug-likeness (QED) is 0.845. The molecule has 1 saturated heterocycles. The predicted molar refractivity (Wildman–Crippen MR) is 104 cm³/mol. The molecule has 2 unspecified atom stereocenters. The SMILES string of the molecule is CCOc1ccc(-c2nc(C)c(C(=O)N3CC(C)CC(C(=O)O)C3)s2)cc1. The van der Waals surface area contributed by atoms with Gasteiger partial charge in [0, 0.05) is 18.7 Å². The number of amides is 1. The van der Waals surface area contributed by atoms with Crippen LogP contribution in [0.1, 0.15) is 35.6 Å². The van der Waals surface area contributed by atoms with Gasteiger partial charge in [-0.3, -0.25) is 9.59 Å². The number of thiazole rings is 1. The number of piperidine rings is 1. The van der Waals surface area contributed by atoms with E-state index in [9.17, 15) is 14.7 Å². The monoisotopic (exact) mass is 388 g/mol. The van der Waals surface area contributed by atoms with Gasteiger partial charge in [0.1, 0.15) is 15.6 Å². The van der Waals surface area contributed by atoms with Crippen molar-refractivity contribution in [3.63, 3.8) is 0 Å². The third kappa shape index (κ3) is 4.30. The molecule has 0 aliphatic carbocycles. The van der Waals surface area contributed by atoms with Crippen LogP contribution in [0.3, 0.4) is 0 Å².